The number of hydrogen-bond donors (Lipinski definition) is 3. The molecule has 49 heavy (non-hydrogen) atoms. The Labute approximate surface area is 294 Å². The molecule has 3 fully saturated rings. The molecule has 3 N–H and O–H groups in total. The van der Waals surface area contributed by atoms with E-state index in [0.717, 1.165) is 0 Å². The highest BCUT2D eigenvalue weighted by Gasteiger charge is 2.52. The molecule has 0 aromatic heterocycles. The van der Waals surface area contributed by atoms with Crippen molar-refractivity contribution in [1.82, 2.24) is 4.90 Å². The lowest BCUT2D eigenvalue weighted by Gasteiger charge is -2.48. The first-order valence-electron chi connectivity index (χ1n) is 18.3. The number of esters is 1. The Hall–Kier alpha value is -1.22. The number of cyclic esters (lactones) is 1. The summed E-state index contributed by atoms with van der Waals surface area (Å²) in [4.78, 5) is 29.7. The van der Waals surface area contributed by atoms with Gasteiger partial charge < -0.3 is 48.6 Å². The predicted octanol–water partition coefficient (Wildman–Crippen LogP) is 3.70. The van der Waals surface area contributed by atoms with Gasteiger partial charge in [-0.25, -0.2) is 0 Å². The summed E-state index contributed by atoms with van der Waals surface area (Å²) in [6.07, 6.45) is -5.31. The fourth-order valence-electron chi connectivity index (χ4n) is 8.42. The molecule has 0 amide bonds. The van der Waals surface area contributed by atoms with Crippen molar-refractivity contribution < 1.29 is 53.3 Å². The number of ketones is 1. The quantitative estimate of drug-likeness (QED) is 0.332. The number of hydrogen-bond acceptors (Lipinski definition) is 12. The van der Waals surface area contributed by atoms with Gasteiger partial charge in [-0.3, -0.25) is 9.59 Å². The monoisotopic (exact) mass is 701 g/mol. The molecular formula is C37H67NO11. The molecule has 0 aromatic rings. The van der Waals surface area contributed by atoms with Crippen LogP contribution in [0.15, 0.2) is 0 Å². The van der Waals surface area contributed by atoms with E-state index in [-0.39, 0.29) is 42.6 Å². The summed E-state index contributed by atoms with van der Waals surface area (Å²) in [5.74, 6) is -2.95. The van der Waals surface area contributed by atoms with E-state index in [0.29, 0.717) is 19.3 Å². The predicted molar refractivity (Wildman–Crippen MR) is 183 cm³/mol. The van der Waals surface area contributed by atoms with Gasteiger partial charge in [-0.1, -0.05) is 34.6 Å². The third-order valence-electron chi connectivity index (χ3n) is 11.5. The minimum atomic E-state index is -1.63. The second kappa shape index (κ2) is 17.1. The number of rotatable bonds is 7. The van der Waals surface area contributed by atoms with Crippen molar-refractivity contribution >= 4 is 11.8 Å². The molecule has 3 saturated heterocycles. The summed E-state index contributed by atoms with van der Waals surface area (Å²) in [7, 11) is 5.29. The van der Waals surface area contributed by atoms with Gasteiger partial charge in [0, 0.05) is 37.3 Å². The first kappa shape index (κ1) is 42.2. The Morgan fingerprint density at radius 1 is 0.918 bits per heavy atom. The minimum Gasteiger partial charge on any atom is -0.462 e. The van der Waals surface area contributed by atoms with Crippen LogP contribution in [0.2, 0.25) is 0 Å². The lowest BCUT2D eigenvalue weighted by Crippen LogP contribution is -2.60. The summed E-state index contributed by atoms with van der Waals surface area (Å²) < 4.78 is 37.5. The largest absolute Gasteiger partial charge is 0.462 e. The van der Waals surface area contributed by atoms with Gasteiger partial charge >= 0.3 is 5.97 Å². The first-order valence-corrected chi connectivity index (χ1v) is 18.3. The Bertz CT molecular complexity index is 1090. The van der Waals surface area contributed by atoms with Crippen molar-refractivity contribution in [3.05, 3.63) is 0 Å². The summed E-state index contributed by atoms with van der Waals surface area (Å²) in [5, 5.41) is 34.7. The van der Waals surface area contributed by atoms with Gasteiger partial charge in [0.15, 0.2) is 12.6 Å². The van der Waals surface area contributed by atoms with Crippen molar-refractivity contribution in [2.24, 2.45) is 29.6 Å². The van der Waals surface area contributed by atoms with Crippen LogP contribution in [0.4, 0.5) is 0 Å². The lowest BCUT2D eigenvalue weighted by molar-refractivity contribution is -0.317. The number of aliphatic hydroxyl groups excluding tert-OH is 2. The normalized spacial score (nSPS) is 48.2. The molecule has 0 saturated carbocycles. The Morgan fingerprint density at radius 2 is 1.55 bits per heavy atom. The van der Waals surface area contributed by atoms with E-state index < -0.39 is 84.1 Å². The summed E-state index contributed by atoms with van der Waals surface area (Å²) in [6.45, 7) is 18.3. The molecule has 0 aliphatic carbocycles. The van der Waals surface area contributed by atoms with Crippen LogP contribution in [0.3, 0.4) is 0 Å². The second-order valence-corrected chi connectivity index (χ2v) is 16.2. The Kier molecular flexibility index (Phi) is 14.7. The number of Topliss-reactive ketones (excluding diaryl/α,β-unsaturated/α-hetero) is 1. The lowest BCUT2D eigenvalue weighted by atomic mass is 9.75. The molecular weight excluding hydrogens is 634 g/mol. The topological polar surface area (TPSA) is 153 Å². The number of likely N-dealkylation sites (N-methyl/N-ethyl adjacent to an activating group) is 1. The number of aliphatic hydroxyl groups is 3. The van der Waals surface area contributed by atoms with Gasteiger partial charge in [-0.05, 0) is 80.3 Å². The van der Waals surface area contributed by atoms with Crippen molar-refractivity contribution in [2.75, 3.05) is 21.2 Å². The smallest absolute Gasteiger partial charge is 0.311 e. The van der Waals surface area contributed by atoms with Crippen LogP contribution in [0.25, 0.3) is 0 Å². The van der Waals surface area contributed by atoms with Gasteiger partial charge in [0.1, 0.15) is 24.1 Å². The van der Waals surface area contributed by atoms with E-state index in [1.807, 2.05) is 60.5 Å². The van der Waals surface area contributed by atoms with Gasteiger partial charge in [0.05, 0.1) is 41.5 Å². The molecule has 3 aliphatic rings. The standard InChI is InChI=1S/C37H67NO11/c1-14-27-19(2)15-20(3)29(39)21(4)17-36(9,43)33(49-35-30(40)26(38(11)12)16-22(5)45-35)23(6)31(24(7)34(42)47-27)48-28-18-37(10,44-13)32(41)25(8)46-28/h19-28,30-33,35,40-41,43H,14-18H2,1-13H3/t19-,20-,21-,22-,23+,24-,25+,26+,27-,28+,30-,31+,32+,33-,35+,36?,37-/m1/s1. The zero-order valence-electron chi connectivity index (χ0n) is 32.3. The number of ether oxygens (including phenoxy) is 6. The SMILES string of the molecule is CC[C@H]1OC(=O)[C@H](C)[C@@H](O[C@H]2C[C@@](C)(OC)[C@@H](O)[C@H](C)O2)[C@H](C)[C@@H](O[C@@H]2O[C@H](C)C[C@H](N(C)C)[C@H]2O)C(C)(O)C[C@@H](C)C(=O)[C@H](C)C[C@H]1C. The molecule has 0 bridgehead atoms. The number of methoxy groups -OCH3 is 1. The third kappa shape index (κ3) is 9.81. The first-order chi connectivity index (χ1) is 22.7. The van der Waals surface area contributed by atoms with Gasteiger partial charge in [-0.2, -0.15) is 0 Å². The van der Waals surface area contributed by atoms with Crippen LogP contribution < -0.4 is 0 Å². The second-order valence-electron chi connectivity index (χ2n) is 16.2. The van der Waals surface area contributed by atoms with E-state index in [1.165, 1.54) is 7.11 Å². The molecule has 286 valence electrons. The third-order valence-corrected chi connectivity index (χ3v) is 11.5. The van der Waals surface area contributed by atoms with Crippen molar-refractivity contribution in [2.45, 2.75) is 174 Å². The summed E-state index contributed by atoms with van der Waals surface area (Å²) in [5.41, 5.74) is -2.61. The summed E-state index contributed by atoms with van der Waals surface area (Å²) in [6, 6.07) is -0.266. The van der Waals surface area contributed by atoms with Gasteiger partial charge in [0.25, 0.3) is 0 Å². The molecule has 0 spiro atoms. The highest BCUT2D eigenvalue weighted by molar-refractivity contribution is 5.83. The van der Waals surface area contributed by atoms with Crippen molar-refractivity contribution in [1.29, 1.82) is 0 Å². The molecule has 0 radical (unpaired) electrons. The maximum atomic E-state index is 14.0. The van der Waals surface area contributed by atoms with E-state index >= 15 is 0 Å². The minimum absolute atomic E-state index is 0.00943. The number of carbonyl (C=O) groups excluding carboxylic acids is 2. The highest BCUT2D eigenvalue weighted by atomic mass is 16.7. The fourth-order valence-corrected chi connectivity index (χ4v) is 8.42. The van der Waals surface area contributed by atoms with Gasteiger partial charge in [0.2, 0.25) is 0 Å². The average Bonchev–Trinajstić information content (AvgIpc) is 3.02. The van der Waals surface area contributed by atoms with Gasteiger partial charge in [-0.15, -0.1) is 0 Å². The molecule has 12 nitrogen and oxygen atoms in total. The highest BCUT2D eigenvalue weighted by Crippen LogP contribution is 2.40. The average molecular weight is 702 g/mol. The van der Waals surface area contributed by atoms with Crippen LogP contribution in [-0.2, 0) is 38.0 Å². The molecule has 12 heteroatoms. The maximum absolute atomic E-state index is 14.0. The molecule has 3 heterocycles. The number of carbonyl (C=O) groups is 2. The molecule has 17 atom stereocenters. The van der Waals surface area contributed by atoms with Crippen molar-refractivity contribution in [3.8, 4) is 0 Å². The fraction of sp³-hybridized carbons (Fsp3) is 0.946. The van der Waals surface area contributed by atoms with E-state index in [2.05, 4.69) is 0 Å². The zero-order chi connectivity index (χ0) is 37.2. The molecule has 3 aliphatic heterocycles. The number of nitrogens with zero attached hydrogens (tertiary/aromatic N) is 1. The maximum Gasteiger partial charge on any atom is 0.311 e. The van der Waals surface area contributed by atoms with E-state index in [9.17, 15) is 24.9 Å². The van der Waals surface area contributed by atoms with E-state index in [1.54, 1.807) is 27.7 Å². The molecule has 1 unspecified atom stereocenters. The summed E-state index contributed by atoms with van der Waals surface area (Å²) >= 11 is 0. The Morgan fingerprint density at radius 3 is 2.12 bits per heavy atom. The van der Waals surface area contributed by atoms with Crippen molar-refractivity contribution in [3.63, 3.8) is 0 Å². The van der Waals surface area contributed by atoms with Crippen LogP contribution in [0.5, 0.6) is 0 Å². The van der Waals surface area contributed by atoms with Crippen LogP contribution >= 0.6 is 0 Å². The van der Waals surface area contributed by atoms with Crippen LogP contribution in [-0.4, -0.2) is 126 Å². The zero-order valence-corrected chi connectivity index (χ0v) is 32.3. The van der Waals surface area contributed by atoms with Crippen LogP contribution in [0.1, 0.15) is 101 Å². The van der Waals surface area contributed by atoms with E-state index in [4.69, 9.17) is 28.4 Å². The molecule has 0 aromatic carbocycles. The molecule has 3 rings (SSSR count). The Balaban J connectivity index is 2.13. The van der Waals surface area contributed by atoms with Crippen LogP contribution in [0, 0.1) is 29.6 Å².